The highest BCUT2D eigenvalue weighted by atomic mass is 32.1. The largest absolute Gasteiger partial charge is 0.258 e. The standard InChI is InChI=1S/C27H26N2SSi/c1-17-12-21(13-18(2)29-17)24-15-20-10-11-28-26(27(20)30-24)22-14-19-8-6-7-9-23(19)25(16-22)31(3,4)5/h6-16H,1-5H3. The summed E-state index contributed by atoms with van der Waals surface area (Å²) in [6.45, 7) is 11.4. The zero-order chi connectivity index (χ0) is 21.8. The van der Waals surface area contributed by atoms with Crippen LogP contribution in [0.15, 0.2) is 66.9 Å². The van der Waals surface area contributed by atoms with Crippen LogP contribution >= 0.6 is 11.3 Å². The molecule has 0 aliphatic heterocycles. The van der Waals surface area contributed by atoms with Crippen molar-refractivity contribution in [3.63, 3.8) is 0 Å². The number of thiophene rings is 1. The van der Waals surface area contributed by atoms with Gasteiger partial charge in [-0.25, -0.2) is 0 Å². The molecule has 5 rings (SSSR count). The van der Waals surface area contributed by atoms with Crippen molar-refractivity contribution in [1.29, 1.82) is 0 Å². The maximum absolute atomic E-state index is 4.86. The number of nitrogens with zero attached hydrogens (tertiary/aromatic N) is 2. The molecule has 0 amide bonds. The number of hydrogen-bond acceptors (Lipinski definition) is 3. The second-order valence-corrected chi connectivity index (χ2v) is 15.4. The van der Waals surface area contributed by atoms with E-state index in [1.54, 1.807) is 0 Å². The summed E-state index contributed by atoms with van der Waals surface area (Å²) in [6.07, 6.45) is 1.95. The summed E-state index contributed by atoms with van der Waals surface area (Å²) in [5.41, 5.74) is 5.65. The van der Waals surface area contributed by atoms with E-state index >= 15 is 0 Å². The molecule has 0 atom stereocenters. The Hall–Kier alpha value is -2.82. The van der Waals surface area contributed by atoms with Gasteiger partial charge in [-0.3, -0.25) is 9.97 Å². The molecular weight excluding hydrogens is 412 g/mol. The molecule has 0 bridgehead atoms. The molecule has 2 nitrogen and oxygen atoms in total. The molecule has 5 aromatic rings. The fourth-order valence-corrected chi connectivity index (χ4v) is 7.13. The van der Waals surface area contributed by atoms with E-state index in [9.17, 15) is 0 Å². The van der Waals surface area contributed by atoms with E-state index in [-0.39, 0.29) is 0 Å². The Bertz CT molecular complexity index is 1420. The molecule has 0 radical (unpaired) electrons. The second-order valence-electron chi connectivity index (χ2n) is 9.32. The Labute approximate surface area is 188 Å². The zero-order valence-electron chi connectivity index (χ0n) is 18.7. The van der Waals surface area contributed by atoms with Gasteiger partial charge in [0.25, 0.3) is 0 Å². The van der Waals surface area contributed by atoms with Gasteiger partial charge in [-0.05, 0) is 65.9 Å². The number of benzene rings is 2. The normalized spacial score (nSPS) is 12.0. The number of hydrogen-bond donors (Lipinski definition) is 0. The summed E-state index contributed by atoms with van der Waals surface area (Å²) in [6, 6.07) is 22.2. The Kier molecular flexibility index (Phi) is 4.80. The van der Waals surface area contributed by atoms with Gasteiger partial charge in [-0.15, -0.1) is 11.3 Å². The maximum atomic E-state index is 4.86. The highest BCUT2D eigenvalue weighted by molar-refractivity contribution is 7.22. The minimum Gasteiger partial charge on any atom is -0.258 e. The quantitative estimate of drug-likeness (QED) is 0.275. The predicted octanol–water partition coefficient (Wildman–Crippen LogP) is 7.34. The van der Waals surface area contributed by atoms with E-state index in [2.05, 4.69) is 99.1 Å². The summed E-state index contributed by atoms with van der Waals surface area (Å²) < 4.78 is 1.25. The van der Waals surface area contributed by atoms with Crippen LogP contribution in [0.1, 0.15) is 11.4 Å². The summed E-state index contributed by atoms with van der Waals surface area (Å²) >= 11 is 1.83. The summed E-state index contributed by atoms with van der Waals surface area (Å²) in [4.78, 5) is 10.7. The first-order valence-corrected chi connectivity index (χ1v) is 15.0. The molecule has 0 spiro atoms. The van der Waals surface area contributed by atoms with E-state index in [0.717, 1.165) is 17.1 Å². The lowest BCUT2D eigenvalue weighted by Crippen LogP contribution is -2.38. The molecule has 2 aromatic carbocycles. The number of aromatic nitrogens is 2. The van der Waals surface area contributed by atoms with Gasteiger partial charge in [0.15, 0.2) is 0 Å². The van der Waals surface area contributed by atoms with Gasteiger partial charge >= 0.3 is 0 Å². The van der Waals surface area contributed by atoms with Crippen LogP contribution in [0, 0.1) is 13.8 Å². The van der Waals surface area contributed by atoms with Crippen molar-refractivity contribution in [2.45, 2.75) is 33.5 Å². The number of pyridine rings is 2. The Morgan fingerprint density at radius 2 is 1.52 bits per heavy atom. The molecule has 0 aliphatic rings. The van der Waals surface area contributed by atoms with Crippen molar-refractivity contribution in [3.05, 3.63) is 78.2 Å². The van der Waals surface area contributed by atoms with Crippen molar-refractivity contribution < 1.29 is 0 Å². The van der Waals surface area contributed by atoms with Gasteiger partial charge in [-0.2, -0.15) is 0 Å². The van der Waals surface area contributed by atoms with Crippen molar-refractivity contribution in [2.75, 3.05) is 0 Å². The molecule has 3 heterocycles. The smallest absolute Gasteiger partial charge is 0.0880 e. The van der Waals surface area contributed by atoms with Gasteiger partial charge in [0.05, 0.1) is 18.5 Å². The molecule has 0 saturated heterocycles. The molecule has 0 fully saturated rings. The van der Waals surface area contributed by atoms with Crippen LogP contribution in [-0.2, 0) is 0 Å². The van der Waals surface area contributed by atoms with E-state index in [1.165, 1.54) is 42.0 Å². The predicted molar refractivity (Wildman–Crippen MR) is 138 cm³/mol. The van der Waals surface area contributed by atoms with Crippen molar-refractivity contribution in [1.82, 2.24) is 9.97 Å². The SMILES string of the molecule is Cc1cc(-c2cc3ccnc(-c4cc([Si](C)(C)C)c5ccccc5c4)c3s2)cc(C)n1. The molecular formula is C27H26N2SSi. The molecule has 0 N–H and O–H groups in total. The Morgan fingerprint density at radius 1 is 0.774 bits per heavy atom. The summed E-state index contributed by atoms with van der Waals surface area (Å²) in [7, 11) is -1.52. The van der Waals surface area contributed by atoms with Crippen molar-refractivity contribution in [3.8, 4) is 21.7 Å². The third-order valence-corrected chi connectivity index (χ3v) is 8.98. The maximum Gasteiger partial charge on any atom is 0.0880 e. The Morgan fingerprint density at radius 3 is 2.26 bits per heavy atom. The van der Waals surface area contributed by atoms with Gasteiger partial charge < -0.3 is 0 Å². The third kappa shape index (κ3) is 3.71. The van der Waals surface area contributed by atoms with Crippen LogP contribution < -0.4 is 5.19 Å². The minimum absolute atomic E-state index is 1.06. The lowest BCUT2D eigenvalue weighted by Gasteiger charge is -2.21. The fraction of sp³-hybridized carbons (Fsp3) is 0.185. The van der Waals surface area contributed by atoms with Crippen molar-refractivity contribution >= 4 is 45.5 Å². The van der Waals surface area contributed by atoms with Crippen LogP contribution in [-0.4, -0.2) is 18.0 Å². The molecule has 4 heteroatoms. The van der Waals surface area contributed by atoms with E-state index in [0.29, 0.717) is 0 Å². The third-order valence-electron chi connectivity index (χ3n) is 5.74. The Balaban J connectivity index is 1.74. The first-order chi connectivity index (χ1) is 14.8. The van der Waals surface area contributed by atoms with E-state index in [4.69, 9.17) is 4.98 Å². The molecule has 0 aliphatic carbocycles. The highest BCUT2D eigenvalue weighted by Gasteiger charge is 2.21. The van der Waals surface area contributed by atoms with Gasteiger partial charge in [0, 0.05) is 28.0 Å². The van der Waals surface area contributed by atoms with Crippen LogP contribution in [0.3, 0.4) is 0 Å². The zero-order valence-corrected chi connectivity index (χ0v) is 20.5. The topological polar surface area (TPSA) is 25.8 Å². The van der Waals surface area contributed by atoms with Gasteiger partial charge in [0.2, 0.25) is 0 Å². The van der Waals surface area contributed by atoms with Crippen molar-refractivity contribution in [2.24, 2.45) is 0 Å². The fourth-order valence-electron chi connectivity index (χ4n) is 4.36. The summed E-state index contributed by atoms with van der Waals surface area (Å²) in [5.74, 6) is 0. The van der Waals surface area contributed by atoms with Gasteiger partial charge in [0.1, 0.15) is 0 Å². The van der Waals surface area contributed by atoms with Gasteiger partial charge in [-0.1, -0.05) is 55.2 Å². The number of fused-ring (bicyclic) bond motifs is 2. The summed E-state index contributed by atoms with van der Waals surface area (Å²) in [5, 5.41) is 5.43. The lowest BCUT2D eigenvalue weighted by molar-refractivity contribution is 1.13. The molecule has 0 unspecified atom stereocenters. The average Bonchev–Trinajstić information content (AvgIpc) is 3.16. The minimum atomic E-state index is -1.52. The number of rotatable bonds is 3. The second kappa shape index (κ2) is 7.40. The van der Waals surface area contributed by atoms with E-state index < -0.39 is 8.07 Å². The lowest BCUT2D eigenvalue weighted by atomic mass is 10.0. The van der Waals surface area contributed by atoms with Crippen LogP contribution in [0.4, 0.5) is 0 Å². The highest BCUT2D eigenvalue weighted by Crippen LogP contribution is 2.39. The molecule has 3 aromatic heterocycles. The van der Waals surface area contributed by atoms with Crippen LogP contribution in [0.25, 0.3) is 42.6 Å². The monoisotopic (exact) mass is 438 g/mol. The first-order valence-electron chi connectivity index (χ1n) is 10.7. The first kappa shape index (κ1) is 20.1. The molecule has 0 saturated carbocycles. The molecule has 154 valence electrons. The average molecular weight is 439 g/mol. The van der Waals surface area contributed by atoms with Crippen LogP contribution in [0.5, 0.6) is 0 Å². The van der Waals surface area contributed by atoms with Crippen LogP contribution in [0.2, 0.25) is 19.6 Å². The number of aryl methyl sites for hydroxylation is 2. The molecule has 31 heavy (non-hydrogen) atoms. The van der Waals surface area contributed by atoms with E-state index in [1.807, 2.05) is 17.5 Å².